The van der Waals surface area contributed by atoms with Gasteiger partial charge in [-0.15, -0.1) is 0 Å². The van der Waals surface area contributed by atoms with Gasteiger partial charge in [-0.05, 0) is 38.5 Å². The standard InChI is InChI=1S/C12H21N3O/c1-9(2)15(4-5-16)12-7-11(8-13)6-10(3)14-12/h6-7,9,16H,4-5,8,13H2,1-3H3. The van der Waals surface area contributed by atoms with Crippen LogP contribution >= 0.6 is 0 Å². The van der Waals surface area contributed by atoms with Crippen LogP contribution in [-0.2, 0) is 6.54 Å². The van der Waals surface area contributed by atoms with E-state index >= 15 is 0 Å². The van der Waals surface area contributed by atoms with Crippen LogP contribution in [0.4, 0.5) is 5.82 Å². The predicted molar refractivity (Wildman–Crippen MR) is 66.4 cm³/mol. The van der Waals surface area contributed by atoms with Gasteiger partial charge in [-0.1, -0.05) is 0 Å². The van der Waals surface area contributed by atoms with Gasteiger partial charge in [0.2, 0.25) is 0 Å². The maximum atomic E-state index is 9.05. The van der Waals surface area contributed by atoms with Gasteiger partial charge >= 0.3 is 0 Å². The predicted octanol–water partition coefficient (Wildman–Crippen LogP) is 1.06. The van der Waals surface area contributed by atoms with Crippen LogP contribution in [0.25, 0.3) is 0 Å². The fraction of sp³-hybridized carbons (Fsp3) is 0.583. The Balaban J connectivity index is 3.03. The van der Waals surface area contributed by atoms with Gasteiger partial charge < -0.3 is 15.7 Å². The van der Waals surface area contributed by atoms with Crippen LogP contribution < -0.4 is 10.6 Å². The fourth-order valence-electron chi connectivity index (χ4n) is 1.73. The Kier molecular flexibility index (Phi) is 4.71. The number of pyridine rings is 1. The highest BCUT2D eigenvalue weighted by Gasteiger charge is 2.12. The molecule has 3 N–H and O–H groups in total. The van der Waals surface area contributed by atoms with Crippen LogP contribution in [0.3, 0.4) is 0 Å². The summed E-state index contributed by atoms with van der Waals surface area (Å²) in [7, 11) is 0. The van der Waals surface area contributed by atoms with Crippen LogP contribution in [0, 0.1) is 6.92 Å². The maximum absolute atomic E-state index is 9.05. The summed E-state index contributed by atoms with van der Waals surface area (Å²) < 4.78 is 0. The largest absolute Gasteiger partial charge is 0.395 e. The molecule has 0 aliphatic carbocycles. The zero-order valence-electron chi connectivity index (χ0n) is 10.3. The highest BCUT2D eigenvalue weighted by Crippen LogP contribution is 2.17. The number of nitrogens with zero attached hydrogens (tertiary/aromatic N) is 2. The Morgan fingerprint density at radius 3 is 2.62 bits per heavy atom. The smallest absolute Gasteiger partial charge is 0.129 e. The molecule has 0 unspecified atom stereocenters. The minimum Gasteiger partial charge on any atom is -0.395 e. The molecule has 1 heterocycles. The van der Waals surface area contributed by atoms with E-state index in [0.717, 1.165) is 17.1 Å². The van der Waals surface area contributed by atoms with E-state index in [1.54, 1.807) is 0 Å². The minimum atomic E-state index is 0.131. The van der Waals surface area contributed by atoms with E-state index in [9.17, 15) is 0 Å². The van der Waals surface area contributed by atoms with Crippen molar-refractivity contribution in [3.8, 4) is 0 Å². The lowest BCUT2D eigenvalue weighted by Crippen LogP contribution is -2.34. The molecule has 0 fully saturated rings. The van der Waals surface area contributed by atoms with Crippen LogP contribution in [0.15, 0.2) is 12.1 Å². The number of nitrogens with two attached hydrogens (primary N) is 1. The van der Waals surface area contributed by atoms with Crippen molar-refractivity contribution in [3.05, 3.63) is 23.4 Å². The molecule has 0 saturated heterocycles. The number of aromatic nitrogens is 1. The van der Waals surface area contributed by atoms with E-state index < -0.39 is 0 Å². The van der Waals surface area contributed by atoms with Crippen molar-refractivity contribution >= 4 is 5.82 Å². The van der Waals surface area contributed by atoms with E-state index in [-0.39, 0.29) is 6.61 Å². The molecule has 0 spiro atoms. The summed E-state index contributed by atoms with van der Waals surface area (Å²) >= 11 is 0. The molecule has 0 atom stereocenters. The van der Waals surface area contributed by atoms with Gasteiger partial charge in [0.05, 0.1) is 6.61 Å². The molecular weight excluding hydrogens is 202 g/mol. The second kappa shape index (κ2) is 5.82. The van der Waals surface area contributed by atoms with Crippen molar-refractivity contribution in [3.63, 3.8) is 0 Å². The number of anilines is 1. The Hall–Kier alpha value is -1.13. The number of aliphatic hydroxyl groups excluding tert-OH is 1. The first-order chi connectivity index (χ1) is 7.58. The van der Waals surface area contributed by atoms with Crippen LogP contribution in [0.2, 0.25) is 0 Å². The number of aryl methyl sites for hydroxylation is 1. The molecule has 1 aromatic rings. The minimum absolute atomic E-state index is 0.131. The summed E-state index contributed by atoms with van der Waals surface area (Å²) in [5, 5.41) is 9.05. The summed E-state index contributed by atoms with van der Waals surface area (Å²) in [6, 6.07) is 4.29. The number of hydrogen-bond acceptors (Lipinski definition) is 4. The summed E-state index contributed by atoms with van der Waals surface area (Å²) in [5.74, 6) is 0.893. The van der Waals surface area contributed by atoms with Crippen LogP contribution in [0.1, 0.15) is 25.1 Å². The van der Waals surface area contributed by atoms with Crippen molar-refractivity contribution in [1.82, 2.24) is 4.98 Å². The highest BCUT2D eigenvalue weighted by molar-refractivity contribution is 5.43. The molecule has 16 heavy (non-hydrogen) atoms. The van der Waals surface area contributed by atoms with Gasteiger partial charge in [0.1, 0.15) is 5.82 Å². The van der Waals surface area contributed by atoms with E-state index in [2.05, 4.69) is 23.7 Å². The molecular formula is C12H21N3O. The van der Waals surface area contributed by atoms with Gasteiger partial charge in [0, 0.05) is 24.8 Å². The number of rotatable bonds is 5. The normalized spacial score (nSPS) is 10.9. The first-order valence-electron chi connectivity index (χ1n) is 5.63. The third kappa shape index (κ3) is 3.18. The Bertz CT molecular complexity index is 339. The number of aliphatic hydroxyl groups is 1. The summed E-state index contributed by atoms with van der Waals surface area (Å²) in [6.45, 7) is 7.37. The molecule has 0 aromatic carbocycles. The molecule has 90 valence electrons. The molecule has 1 rings (SSSR count). The maximum Gasteiger partial charge on any atom is 0.129 e. The summed E-state index contributed by atoms with van der Waals surface area (Å²) in [4.78, 5) is 6.56. The molecule has 0 radical (unpaired) electrons. The first-order valence-corrected chi connectivity index (χ1v) is 5.63. The highest BCUT2D eigenvalue weighted by atomic mass is 16.3. The zero-order valence-corrected chi connectivity index (χ0v) is 10.3. The third-order valence-corrected chi connectivity index (χ3v) is 2.49. The first kappa shape index (κ1) is 12.9. The molecule has 0 aliphatic rings. The van der Waals surface area contributed by atoms with E-state index in [1.165, 1.54) is 0 Å². The average molecular weight is 223 g/mol. The molecule has 4 nitrogen and oxygen atoms in total. The van der Waals surface area contributed by atoms with Gasteiger partial charge in [-0.2, -0.15) is 0 Å². The summed E-state index contributed by atoms with van der Waals surface area (Å²) in [5.41, 5.74) is 7.68. The van der Waals surface area contributed by atoms with Crippen LogP contribution in [0.5, 0.6) is 0 Å². The second-order valence-corrected chi connectivity index (χ2v) is 4.19. The summed E-state index contributed by atoms with van der Waals surface area (Å²) in [6.07, 6.45) is 0. The lowest BCUT2D eigenvalue weighted by atomic mass is 10.2. The van der Waals surface area contributed by atoms with Gasteiger partial charge in [-0.3, -0.25) is 0 Å². The second-order valence-electron chi connectivity index (χ2n) is 4.19. The molecule has 4 heteroatoms. The monoisotopic (exact) mass is 223 g/mol. The number of hydrogen-bond donors (Lipinski definition) is 2. The van der Waals surface area contributed by atoms with Crippen LogP contribution in [-0.4, -0.2) is 29.3 Å². The quantitative estimate of drug-likeness (QED) is 0.783. The topological polar surface area (TPSA) is 62.4 Å². The van der Waals surface area contributed by atoms with Gasteiger partial charge in [-0.25, -0.2) is 4.98 Å². The van der Waals surface area contributed by atoms with Crippen molar-refractivity contribution in [2.75, 3.05) is 18.1 Å². The average Bonchev–Trinajstić information content (AvgIpc) is 2.24. The van der Waals surface area contributed by atoms with Crippen molar-refractivity contribution in [1.29, 1.82) is 0 Å². The van der Waals surface area contributed by atoms with E-state index in [0.29, 0.717) is 19.1 Å². The van der Waals surface area contributed by atoms with Gasteiger partial charge in [0.25, 0.3) is 0 Å². The van der Waals surface area contributed by atoms with E-state index in [4.69, 9.17) is 10.8 Å². The lowest BCUT2D eigenvalue weighted by Gasteiger charge is -2.27. The van der Waals surface area contributed by atoms with Gasteiger partial charge in [0.15, 0.2) is 0 Å². The Morgan fingerprint density at radius 1 is 1.44 bits per heavy atom. The van der Waals surface area contributed by atoms with Crippen molar-refractivity contribution in [2.45, 2.75) is 33.4 Å². The Morgan fingerprint density at radius 2 is 2.12 bits per heavy atom. The van der Waals surface area contributed by atoms with Crippen molar-refractivity contribution in [2.24, 2.45) is 5.73 Å². The molecule has 0 aliphatic heterocycles. The molecule has 0 amide bonds. The zero-order chi connectivity index (χ0) is 12.1. The molecule has 0 saturated carbocycles. The van der Waals surface area contributed by atoms with E-state index in [1.807, 2.05) is 19.1 Å². The van der Waals surface area contributed by atoms with Crippen molar-refractivity contribution < 1.29 is 5.11 Å². The Labute approximate surface area is 97.1 Å². The third-order valence-electron chi connectivity index (χ3n) is 2.49. The lowest BCUT2D eigenvalue weighted by molar-refractivity contribution is 0.298. The molecule has 1 aromatic heterocycles. The fourth-order valence-corrected chi connectivity index (χ4v) is 1.73. The molecule has 0 bridgehead atoms. The SMILES string of the molecule is Cc1cc(CN)cc(N(CCO)C(C)C)n1.